The van der Waals surface area contributed by atoms with E-state index < -0.39 is 25.1 Å². The molecule has 0 fully saturated rings. The summed E-state index contributed by atoms with van der Waals surface area (Å²) in [6, 6.07) is 8.88. The summed E-state index contributed by atoms with van der Waals surface area (Å²) in [6.45, 7) is 0. The van der Waals surface area contributed by atoms with Crippen molar-refractivity contribution in [2.24, 2.45) is 0 Å². The van der Waals surface area contributed by atoms with E-state index in [1.807, 2.05) is 0 Å². The first-order valence-electron chi connectivity index (χ1n) is 6.52. The molecule has 1 aromatic carbocycles. The Labute approximate surface area is 125 Å². The fourth-order valence-corrected chi connectivity index (χ4v) is 2.31. The molecule has 1 aliphatic heterocycles. The predicted octanol–water partition coefficient (Wildman–Crippen LogP) is 1.25. The van der Waals surface area contributed by atoms with Crippen LogP contribution < -0.4 is 10.2 Å². The van der Waals surface area contributed by atoms with Crippen molar-refractivity contribution in [1.82, 2.24) is 4.98 Å². The van der Waals surface area contributed by atoms with Gasteiger partial charge < -0.3 is 19.5 Å². The van der Waals surface area contributed by atoms with Crippen molar-refractivity contribution in [1.29, 1.82) is 0 Å². The Hall–Kier alpha value is -2.45. The van der Waals surface area contributed by atoms with E-state index in [4.69, 9.17) is 14.5 Å². The molecule has 0 bridgehead atoms. The standard InChI is InChI=1S/C14H11BFNO5/c16-12-2-1-3-13(17-12)21-8-4-5-9-10(6-8)15(20)22-11(9)7-14(18)19/h1-6,11,20H,7H2,(H,18,19). The molecule has 1 aromatic heterocycles. The van der Waals surface area contributed by atoms with Crippen LogP contribution in [0.2, 0.25) is 0 Å². The lowest BCUT2D eigenvalue weighted by Gasteiger charge is -2.09. The Morgan fingerprint density at radius 3 is 2.95 bits per heavy atom. The second kappa shape index (κ2) is 5.74. The van der Waals surface area contributed by atoms with Crippen LogP contribution in [0.3, 0.4) is 0 Å². The van der Waals surface area contributed by atoms with Crippen molar-refractivity contribution < 1.29 is 28.7 Å². The summed E-state index contributed by atoms with van der Waals surface area (Å²) in [7, 11) is -1.22. The summed E-state index contributed by atoms with van der Waals surface area (Å²) in [4.78, 5) is 14.4. The number of pyridine rings is 1. The maximum absolute atomic E-state index is 13.0. The van der Waals surface area contributed by atoms with Gasteiger partial charge in [-0.3, -0.25) is 4.79 Å². The number of rotatable bonds is 4. The van der Waals surface area contributed by atoms with Gasteiger partial charge in [-0.15, -0.1) is 0 Å². The summed E-state index contributed by atoms with van der Waals surface area (Å²) in [5, 5.41) is 18.7. The minimum atomic E-state index is -1.22. The van der Waals surface area contributed by atoms with E-state index in [1.165, 1.54) is 24.3 Å². The summed E-state index contributed by atoms with van der Waals surface area (Å²) < 4.78 is 23.6. The van der Waals surface area contributed by atoms with Crippen molar-refractivity contribution in [2.45, 2.75) is 12.5 Å². The monoisotopic (exact) mass is 303 g/mol. The van der Waals surface area contributed by atoms with Crippen molar-refractivity contribution in [2.75, 3.05) is 0 Å². The summed E-state index contributed by atoms with van der Waals surface area (Å²) in [5.41, 5.74) is 1.02. The van der Waals surface area contributed by atoms with Crippen LogP contribution in [0.1, 0.15) is 18.1 Å². The molecule has 0 radical (unpaired) electrons. The molecule has 1 unspecified atom stereocenters. The molecular weight excluding hydrogens is 292 g/mol. The number of aliphatic carboxylic acids is 1. The maximum atomic E-state index is 13.0. The first-order chi connectivity index (χ1) is 10.5. The topological polar surface area (TPSA) is 88.9 Å². The number of hydrogen-bond acceptors (Lipinski definition) is 5. The highest BCUT2D eigenvalue weighted by Crippen LogP contribution is 2.29. The van der Waals surface area contributed by atoms with Crippen LogP contribution in [0.25, 0.3) is 0 Å². The van der Waals surface area contributed by atoms with Gasteiger partial charge in [-0.1, -0.05) is 12.1 Å². The van der Waals surface area contributed by atoms with Crippen LogP contribution >= 0.6 is 0 Å². The largest absolute Gasteiger partial charge is 0.492 e. The number of carboxylic acids is 1. The third kappa shape index (κ3) is 2.93. The van der Waals surface area contributed by atoms with Crippen LogP contribution in [0.5, 0.6) is 11.6 Å². The van der Waals surface area contributed by atoms with Gasteiger partial charge in [-0.2, -0.15) is 9.37 Å². The molecule has 22 heavy (non-hydrogen) atoms. The molecule has 1 atom stereocenters. The number of ether oxygens (including phenoxy) is 1. The number of nitrogens with zero attached hydrogens (tertiary/aromatic N) is 1. The molecule has 3 rings (SSSR count). The number of fused-ring (bicyclic) bond motifs is 1. The van der Waals surface area contributed by atoms with Gasteiger partial charge in [0, 0.05) is 6.07 Å². The zero-order valence-electron chi connectivity index (χ0n) is 11.3. The van der Waals surface area contributed by atoms with Crippen LogP contribution in [-0.4, -0.2) is 28.2 Å². The lowest BCUT2D eigenvalue weighted by Crippen LogP contribution is -2.28. The molecule has 0 amide bonds. The van der Waals surface area contributed by atoms with E-state index in [-0.39, 0.29) is 12.3 Å². The van der Waals surface area contributed by atoms with Gasteiger partial charge in [-0.25, -0.2) is 0 Å². The molecule has 1 aliphatic rings. The molecule has 2 N–H and O–H groups in total. The molecule has 0 aliphatic carbocycles. The van der Waals surface area contributed by atoms with E-state index >= 15 is 0 Å². The second-order valence-corrected chi connectivity index (χ2v) is 4.77. The highest BCUT2D eigenvalue weighted by molar-refractivity contribution is 6.61. The first kappa shape index (κ1) is 14.5. The van der Waals surface area contributed by atoms with Gasteiger partial charge >= 0.3 is 13.1 Å². The Bertz CT molecular complexity index is 726. The van der Waals surface area contributed by atoms with Crippen LogP contribution in [0, 0.1) is 5.95 Å². The van der Waals surface area contributed by atoms with E-state index in [0.717, 1.165) is 0 Å². The molecule has 2 heterocycles. The van der Waals surface area contributed by atoms with Crippen LogP contribution in [0.15, 0.2) is 36.4 Å². The predicted molar refractivity (Wildman–Crippen MR) is 74.4 cm³/mol. The fraction of sp³-hybridized carbons (Fsp3) is 0.143. The molecule has 8 heteroatoms. The third-order valence-corrected chi connectivity index (χ3v) is 3.24. The molecule has 2 aromatic rings. The Balaban J connectivity index is 1.85. The SMILES string of the molecule is O=C(O)CC1OB(O)c2cc(Oc3cccc(F)n3)ccc21. The highest BCUT2D eigenvalue weighted by Gasteiger charge is 2.36. The van der Waals surface area contributed by atoms with E-state index in [0.29, 0.717) is 16.8 Å². The average Bonchev–Trinajstić information content (AvgIpc) is 2.74. The van der Waals surface area contributed by atoms with Gasteiger partial charge in [0.2, 0.25) is 11.8 Å². The molecule has 112 valence electrons. The van der Waals surface area contributed by atoms with Gasteiger partial charge in [0.05, 0.1) is 12.5 Å². The number of hydrogen-bond donors (Lipinski definition) is 2. The quantitative estimate of drug-likeness (QED) is 0.652. The first-order valence-corrected chi connectivity index (χ1v) is 6.52. The van der Waals surface area contributed by atoms with Crippen molar-refractivity contribution in [3.63, 3.8) is 0 Å². The number of benzene rings is 1. The lowest BCUT2D eigenvalue weighted by atomic mass is 9.79. The molecule has 6 nitrogen and oxygen atoms in total. The molecule has 0 spiro atoms. The van der Waals surface area contributed by atoms with Gasteiger partial charge in [0.25, 0.3) is 0 Å². The molecule has 0 saturated heterocycles. The van der Waals surface area contributed by atoms with Crippen molar-refractivity contribution in [3.8, 4) is 11.6 Å². The maximum Gasteiger partial charge on any atom is 0.492 e. The summed E-state index contributed by atoms with van der Waals surface area (Å²) in [5.74, 6) is -1.26. The van der Waals surface area contributed by atoms with Gasteiger partial charge in [0.1, 0.15) is 5.75 Å². The highest BCUT2D eigenvalue weighted by atomic mass is 19.1. The van der Waals surface area contributed by atoms with E-state index in [2.05, 4.69) is 4.98 Å². The Morgan fingerprint density at radius 1 is 1.41 bits per heavy atom. The number of carbonyl (C=O) groups is 1. The average molecular weight is 303 g/mol. The van der Waals surface area contributed by atoms with Gasteiger partial charge in [0.15, 0.2) is 0 Å². The molecular formula is C14H11BFNO5. The minimum absolute atomic E-state index is 0.0791. The van der Waals surface area contributed by atoms with Crippen LogP contribution in [-0.2, 0) is 9.45 Å². The van der Waals surface area contributed by atoms with Crippen LogP contribution in [0.4, 0.5) is 4.39 Å². The zero-order chi connectivity index (χ0) is 15.7. The lowest BCUT2D eigenvalue weighted by molar-refractivity contribution is -0.138. The zero-order valence-corrected chi connectivity index (χ0v) is 11.3. The molecule has 0 saturated carbocycles. The number of carboxylic acid groups (broad SMARTS) is 1. The fourth-order valence-electron chi connectivity index (χ4n) is 2.31. The second-order valence-electron chi connectivity index (χ2n) is 4.77. The Kier molecular flexibility index (Phi) is 3.78. The Morgan fingerprint density at radius 2 is 2.23 bits per heavy atom. The summed E-state index contributed by atoms with van der Waals surface area (Å²) in [6.07, 6.45) is -0.945. The minimum Gasteiger partial charge on any atom is -0.481 e. The smallest absolute Gasteiger partial charge is 0.481 e. The number of aromatic nitrogens is 1. The van der Waals surface area contributed by atoms with Crippen molar-refractivity contribution >= 4 is 18.6 Å². The summed E-state index contributed by atoms with van der Waals surface area (Å²) >= 11 is 0. The third-order valence-electron chi connectivity index (χ3n) is 3.24. The van der Waals surface area contributed by atoms with E-state index in [1.54, 1.807) is 12.1 Å². The van der Waals surface area contributed by atoms with Gasteiger partial charge in [-0.05, 0) is 29.2 Å². The number of halogens is 1. The van der Waals surface area contributed by atoms with E-state index in [9.17, 15) is 14.2 Å². The van der Waals surface area contributed by atoms with Crippen molar-refractivity contribution in [3.05, 3.63) is 47.9 Å². The normalized spacial score (nSPS) is 16.5.